The van der Waals surface area contributed by atoms with Gasteiger partial charge in [0, 0.05) is 6.42 Å². The zero-order chi connectivity index (χ0) is 56.5. The van der Waals surface area contributed by atoms with E-state index in [4.69, 9.17) is 9.47 Å². The Hall–Kier alpha value is -2.11. The SMILES string of the molecule is CC/C=C\C/C=C\C/C=C\C/C=C\CCCCCCCCCCCCCCCCCCCCCCCCCCCCCCC(=O)NC(COC1OC(CO)C(O)C(O)C1O)C(O)/C=C/CCCCCCCCCCCCCC. The molecule has 9 nitrogen and oxygen atoms in total. The van der Waals surface area contributed by atoms with E-state index in [1.54, 1.807) is 6.08 Å². The minimum Gasteiger partial charge on any atom is -0.394 e. The topological polar surface area (TPSA) is 149 Å². The molecule has 7 unspecified atom stereocenters. The van der Waals surface area contributed by atoms with Crippen LogP contribution < -0.4 is 5.32 Å². The van der Waals surface area contributed by atoms with Crippen LogP contribution in [0.5, 0.6) is 0 Å². The summed E-state index contributed by atoms with van der Waals surface area (Å²) in [6, 6.07) is -0.803. The van der Waals surface area contributed by atoms with Crippen molar-refractivity contribution in [1.82, 2.24) is 5.32 Å². The van der Waals surface area contributed by atoms with Crippen molar-refractivity contribution < 1.29 is 39.8 Å². The molecule has 0 aromatic heterocycles. The first-order valence-corrected chi connectivity index (χ1v) is 33.5. The van der Waals surface area contributed by atoms with Crippen molar-refractivity contribution in [3.63, 3.8) is 0 Å². The van der Waals surface area contributed by atoms with Crippen LogP contribution in [0, 0.1) is 0 Å². The van der Waals surface area contributed by atoms with Crippen LogP contribution in [0.1, 0.15) is 316 Å². The molecule has 0 bridgehead atoms. The van der Waals surface area contributed by atoms with Gasteiger partial charge in [0.05, 0.1) is 25.4 Å². The zero-order valence-electron chi connectivity index (χ0n) is 50.9. The summed E-state index contributed by atoms with van der Waals surface area (Å²) < 4.78 is 11.3. The molecule has 0 spiro atoms. The molecule has 0 saturated carbocycles. The summed E-state index contributed by atoms with van der Waals surface area (Å²) in [5.41, 5.74) is 0. The van der Waals surface area contributed by atoms with Crippen molar-refractivity contribution in [2.24, 2.45) is 0 Å². The van der Waals surface area contributed by atoms with E-state index in [1.807, 2.05) is 6.08 Å². The molecule has 6 N–H and O–H groups in total. The molecule has 9 heteroatoms. The van der Waals surface area contributed by atoms with Gasteiger partial charge in [0.25, 0.3) is 0 Å². The quantitative estimate of drug-likeness (QED) is 0.0261. The molecule has 0 aromatic rings. The van der Waals surface area contributed by atoms with Gasteiger partial charge >= 0.3 is 0 Å². The van der Waals surface area contributed by atoms with Crippen LogP contribution in [0.15, 0.2) is 60.8 Å². The summed E-state index contributed by atoms with van der Waals surface area (Å²) in [7, 11) is 0. The summed E-state index contributed by atoms with van der Waals surface area (Å²) in [4.78, 5) is 13.1. The van der Waals surface area contributed by atoms with Gasteiger partial charge in [-0.1, -0.05) is 312 Å². The Balaban J connectivity index is 2.01. The maximum Gasteiger partial charge on any atom is 0.220 e. The van der Waals surface area contributed by atoms with E-state index in [1.165, 1.54) is 231 Å². The predicted octanol–water partition coefficient (Wildman–Crippen LogP) is 17.8. The number of aliphatic hydroxyl groups is 5. The van der Waals surface area contributed by atoms with Crippen molar-refractivity contribution in [1.29, 1.82) is 0 Å². The van der Waals surface area contributed by atoms with E-state index < -0.39 is 49.5 Å². The average molecular weight is 1100 g/mol. The number of amides is 1. The van der Waals surface area contributed by atoms with Crippen molar-refractivity contribution >= 4 is 5.91 Å². The number of carbonyl (C=O) groups is 1. The lowest BCUT2D eigenvalue weighted by molar-refractivity contribution is -0.302. The number of ether oxygens (including phenoxy) is 2. The molecule has 7 atom stereocenters. The molecular formula is C69H127NO8. The van der Waals surface area contributed by atoms with Crippen LogP contribution in [0.3, 0.4) is 0 Å². The smallest absolute Gasteiger partial charge is 0.220 e. The van der Waals surface area contributed by atoms with Gasteiger partial charge in [0.1, 0.15) is 24.4 Å². The Morgan fingerprint density at radius 1 is 0.449 bits per heavy atom. The van der Waals surface area contributed by atoms with Crippen LogP contribution in [0.2, 0.25) is 0 Å². The van der Waals surface area contributed by atoms with Crippen molar-refractivity contribution in [2.75, 3.05) is 13.2 Å². The molecule has 1 saturated heterocycles. The van der Waals surface area contributed by atoms with E-state index in [0.717, 1.165) is 64.2 Å². The van der Waals surface area contributed by atoms with Crippen LogP contribution in [0.4, 0.5) is 0 Å². The largest absolute Gasteiger partial charge is 0.394 e. The lowest BCUT2D eigenvalue weighted by atomic mass is 9.99. The first-order valence-electron chi connectivity index (χ1n) is 33.5. The highest BCUT2D eigenvalue weighted by Gasteiger charge is 2.44. The predicted molar refractivity (Wildman–Crippen MR) is 332 cm³/mol. The second-order valence-corrected chi connectivity index (χ2v) is 23.2. The normalized spacial score (nSPS) is 19.0. The molecule has 1 rings (SSSR count). The summed E-state index contributed by atoms with van der Waals surface area (Å²) >= 11 is 0. The van der Waals surface area contributed by atoms with E-state index >= 15 is 0 Å². The average Bonchev–Trinajstić information content (AvgIpc) is 3.46. The number of unbranched alkanes of at least 4 members (excludes halogenated alkanes) is 40. The van der Waals surface area contributed by atoms with Crippen molar-refractivity contribution in [3.8, 4) is 0 Å². The summed E-state index contributed by atoms with van der Waals surface area (Å²) in [6.07, 6.45) is 73.4. The molecule has 1 aliphatic heterocycles. The molecule has 456 valence electrons. The Bertz CT molecular complexity index is 1410. The van der Waals surface area contributed by atoms with Gasteiger partial charge in [-0.25, -0.2) is 0 Å². The highest BCUT2D eigenvalue weighted by atomic mass is 16.7. The molecule has 1 amide bonds. The Morgan fingerprint density at radius 3 is 1.18 bits per heavy atom. The van der Waals surface area contributed by atoms with Gasteiger partial charge in [-0.15, -0.1) is 0 Å². The van der Waals surface area contributed by atoms with Crippen LogP contribution in [-0.4, -0.2) is 87.5 Å². The highest BCUT2D eigenvalue weighted by Crippen LogP contribution is 2.23. The van der Waals surface area contributed by atoms with Gasteiger partial charge in [-0.3, -0.25) is 4.79 Å². The fourth-order valence-corrected chi connectivity index (χ4v) is 10.6. The molecule has 1 fully saturated rings. The van der Waals surface area contributed by atoms with E-state index in [9.17, 15) is 30.3 Å². The van der Waals surface area contributed by atoms with Crippen molar-refractivity contribution in [3.05, 3.63) is 60.8 Å². The Labute approximate surface area is 481 Å². The second-order valence-electron chi connectivity index (χ2n) is 23.2. The number of nitrogens with one attached hydrogen (secondary N) is 1. The van der Waals surface area contributed by atoms with Crippen molar-refractivity contribution in [2.45, 2.75) is 358 Å². The third kappa shape index (κ3) is 46.5. The lowest BCUT2D eigenvalue weighted by Gasteiger charge is -2.40. The fourth-order valence-electron chi connectivity index (χ4n) is 10.6. The fraction of sp³-hybridized carbons (Fsp3) is 0.841. The summed E-state index contributed by atoms with van der Waals surface area (Å²) in [5, 5.41) is 54.5. The third-order valence-electron chi connectivity index (χ3n) is 15.8. The van der Waals surface area contributed by atoms with E-state index in [-0.39, 0.29) is 12.5 Å². The zero-order valence-corrected chi connectivity index (χ0v) is 50.9. The number of rotatable bonds is 58. The van der Waals surface area contributed by atoms with Gasteiger partial charge < -0.3 is 40.3 Å². The molecule has 1 aliphatic rings. The maximum absolute atomic E-state index is 13.1. The van der Waals surface area contributed by atoms with Crippen LogP contribution in [0.25, 0.3) is 0 Å². The summed E-state index contributed by atoms with van der Waals surface area (Å²) in [6.45, 7) is 3.69. The molecule has 1 heterocycles. The van der Waals surface area contributed by atoms with E-state index in [0.29, 0.717) is 6.42 Å². The highest BCUT2D eigenvalue weighted by molar-refractivity contribution is 5.76. The number of hydrogen-bond acceptors (Lipinski definition) is 8. The van der Waals surface area contributed by atoms with Gasteiger partial charge in [0.2, 0.25) is 5.91 Å². The maximum atomic E-state index is 13.1. The van der Waals surface area contributed by atoms with Crippen LogP contribution >= 0.6 is 0 Å². The molecule has 0 aromatic carbocycles. The lowest BCUT2D eigenvalue weighted by Crippen LogP contribution is -2.60. The molecule has 0 aliphatic carbocycles. The first kappa shape index (κ1) is 73.9. The molecule has 0 radical (unpaired) electrons. The standard InChI is InChI=1S/C69H127NO8/c1-3-5-7-9-11-13-15-17-19-20-21-22-23-24-25-26-27-28-29-30-31-32-33-34-35-36-37-38-39-40-41-42-43-44-45-47-49-51-53-55-57-59-65(73)70-62(61-77-69-68(76)67(75)66(74)64(60-71)78-69)63(72)58-56-54-52-50-48-46-18-16-14-12-10-8-6-4-2/h5,7,11,13,17,19,21-22,56,58,62-64,66-69,71-72,74-76H,3-4,6,8-10,12,14-16,18,20,23-55,57,59-61H2,1-2H3,(H,70,73)/b7-5-,13-11-,19-17-,22-21-,58-56+. The Kier molecular flexibility index (Phi) is 55.0. The summed E-state index contributed by atoms with van der Waals surface area (Å²) in [5.74, 6) is -0.172. The number of aliphatic hydroxyl groups excluding tert-OH is 5. The minimum atomic E-state index is -1.57. The van der Waals surface area contributed by atoms with Gasteiger partial charge in [-0.2, -0.15) is 0 Å². The minimum absolute atomic E-state index is 0.172. The molecule has 78 heavy (non-hydrogen) atoms. The number of allylic oxidation sites excluding steroid dienone is 9. The van der Waals surface area contributed by atoms with Gasteiger partial charge in [0.15, 0.2) is 6.29 Å². The Morgan fingerprint density at radius 2 is 0.795 bits per heavy atom. The van der Waals surface area contributed by atoms with Gasteiger partial charge in [-0.05, 0) is 57.8 Å². The second kappa shape index (κ2) is 58.1. The number of carbonyl (C=O) groups excluding carboxylic acids is 1. The first-order chi connectivity index (χ1) is 38.3. The number of hydrogen-bond donors (Lipinski definition) is 6. The molecular weight excluding hydrogens is 971 g/mol. The van der Waals surface area contributed by atoms with E-state index in [2.05, 4.69) is 67.8 Å². The third-order valence-corrected chi connectivity index (χ3v) is 15.8. The van der Waals surface area contributed by atoms with Crippen LogP contribution in [-0.2, 0) is 14.3 Å². The monoisotopic (exact) mass is 1100 g/mol.